The summed E-state index contributed by atoms with van der Waals surface area (Å²) in [5.41, 5.74) is 0. The summed E-state index contributed by atoms with van der Waals surface area (Å²) in [6, 6.07) is 0. The van der Waals surface area contributed by atoms with Crippen LogP contribution in [-0.4, -0.2) is 21.4 Å². The first-order chi connectivity index (χ1) is 6.63. The summed E-state index contributed by atoms with van der Waals surface area (Å²) in [5.74, 6) is -0.0509. The van der Waals surface area contributed by atoms with Gasteiger partial charge < -0.3 is 5.32 Å². The molecule has 0 unspecified atom stereocenters. The molecule has 4 nitrogen and oxygen atoms in total. The lowest BCUT2D eigenvalue weighted by Gasteiger charge is -2.02. The van der Waals surface area contributed by atoms with E-state index in [1.54, 1.807) is 0 Å². The van der Waals surface area contributed by atoms with Crippen LogP contribution < -0.4 is 5.32 Å². The molecule has 0 saturated heterocycles. The highest BCUT2D eigenvalue weighted by atomic mass is 79.9. The molecule has 1 amide bonds. The van der Waals surface area contributed by atoms with Crippen molar-refractivity contribution in [3.05, 3.63) is 5.01 Å². The van der Waals surface area contributed by atoms with Crippen molar-refractivity contribution < 1.29 is 4.79 Å². The van der Waals surface area contributed by atoms with Crippen LogP contribution >= 0.6 is 27.3 Å². The minimum atomic E-state index is -0.0291. The number of hydrogen-bond acceptors (Lipinski definition) is 4. The molecule has 1 rings (SSSR count). The molecular formula is C8H12BrN3OS. The maximum absolute atomic E-state index is 11.3. The molecule has 1 aromatic heterocycles. The molecule has 0 fully saturated rings. The number of nitrogens with one attached hydrogen (secondary N) is 1. The highest BCUT2D eigenvalue weighted by Gasteiger charge is 2.10. The lowest BCUT2D eigenvalue weighted by Crippen LogP contribution is -2.17. The van der Waals surface area contributed by atoms with Crippen LogP contribution in [0.5, 0.6) is 0 Å². The molecule has 0 aromatic carbocycles. The van der Waals surface area contributed by atoms with Crippen LogP contribution in [0.4, 0.5) is 5.13 Å². The zero-order valence-electron chi connectivity index (χ0n) is 8.08. The van der Waals surface area contributed by atoms with Gasteiger partial charge in [0.05, 0.1) is 0 Å². The smallest absolute Gasteiger partial charge is 0.228 e. The number of hydrogen-bond donors (Lipinski definition) is 1. The largest absolute Gasteiger partial charge is 0.300 e. The number of carbonyl (C=O) groups is 1. The molecule has 0 radical (unpaired) electrons. The van der Waals surface area contributed by atoms with Crippen LogP contribution in [0, 0.1) is 5.92 Å². The van der Waals surface area contributed by atoms with Crippen LogP contribution in [-0.2, 0) is 11.2 Å². The van der Waals surface area contributed by atoms with Gasteiger partial charge in [-0.3, -0.25) is 4.79 Å². The van der Waals surface area contributed by atoms with E-state index in [-0.39, 0.29) is 11.8 Å². The molecule has 78 valence electrons. The number of amides is 1. The van der Waals surface area contributed by atoms with Crippen molar-refractivity contribution in [3.63, 3.8) is 0 Å². The van der Waals surface area contributed by atoms with Gasteiger partial charge in [0.25, 0.3) is 0 Å². The second-order valence-electron chi connectivity index (χ2n) is 3.08. The first kappa shape index (κ1) is 11.6. The van der Waals surface area contributed by atoms with E-state index in [1.807, 2.05) is 13.8 Å². The number of aromatic nitrogens is 2. The Labute approximate surface area is 95.2 Å². The number of rotatable bonds is 4. The van der Waals surface area contributed by atoms with E-state index < -0.39 is 0 Å². The summed E-state index contributed by atoms with van der Waals surface area (Å²) in [6.45, 7) is 3.69. The number of halogens is 1. The molecule has 0 aliphatic rings. The van der Waals surface area contributed by atoms with Gasteiger partial charge in [-0.2, -0.15) is 0 Å². The van der Waals surface area contributed by atoms with E-state index in [2.05, 4.69) is 31.4 Å². The van der Waals surface area contributed by atoms with Gasteiger partial charge in [0.2, 0.25) is 11.0 Å². The Morgan fingerprint density at radius 2 is 2.29 bits per heavy atom. The van der Waals surface area contributed by atoms with E-state index in [0.717, 1.165) is 16.8 Å². The molecule has 0 spiro atoms. The zero-order chi connectivity index (χ0) is 10.6. The Morgan fingerprint density at radius 1 is 1.57 bits per heavy atom. The second-order valence-corrected chi connectivity index (χ2v) is 4.94. The van der Waals surface area contributed by atoms with Crippen molar-refractivity contribution in [1.82, 2.24) is 10.2 Å². The molecule has 1 N–H and O–H groups in total. The Kier molecular flexibility index (Phi) is 4.47. The van der Waals surface area contributed by atoms with Crippen LogP contribution in [0.3, 0.4) is 0 Å². The highest BCUT2D eigenvalue weighted by Crippen LogP contribution is 2.16. The summed E-state index contributed by atoms with van der Waals surface area (Å²) in [4.78, 5) is 11.3. The van der Waals surface area contributed by atoms with Crippen molar-refractivity contribution in [2.24, 2.45) is 5.92 Å². The van der Waals surface area contributed by atoms with Gasteiger partial charge in [0.1, 0.15) is 5.01 Å². The van der Waals surface area contributed by atoms with E-state index >= 15 is 0 Å². The summed E-state index contributed by atoms with van der Waals surface area (Å²) in [6.07, 6.45) is 0.842. The minimum Gasteiger partial charge on any atom is -0.300 e. The average Bonchev–Trinajstić information content (AvgIpc) is 2.53. The lowest BCUT2D eigenvalue weighted by molar-refractivity contribution is -0.118. The van der Waals surface area contributed by atoms with Crippen molar-refractivity contribution >= 4 is 38.3 Å². The Hall–Kier alpha value is -0.490. The molecule has 1 aromatic rings. The Morgan fingerprint density at radius 3 is 2.86 bits per heavy atom. The van der Waals surface area contributed by atoms with Crippen molar-refractivity contribution in [2.45, 2.75) is 20.3 Å². The molecule has 6 heteroatoms. The monoisotopic (exact) mass is 277 g/mol. The average molecular weight is 278 g/mol. The number of carbonyl (C=O) groups excluding carboxylic acids is 1. The van der Waals surface area contributed by atoms with Crippen LogP contribution in [0.1, 0.15) is 18.9 Å². The van der Waals surface area contributed by atoms with E-state index in [0.29, 0.717) is 5.13 Å². The van der Waals surface area contributed by atoms with Crippen molar-refractivity contribution in [3.8, 4) is 0 Å². The van der Waals surface area contributed by atoms with E-state index in [9.17, 15) is 4.79 Å². The predicted octanol–water partition coefficient (Wildman–Crippen LogP) is 2.07. The number of aryl methyl sites for hydroxylation is 1. The van der Waals surface area contributed by atoms with Gasteiger partial charge in [-0.05, 0) is 0 Å². The summed E-state index contributed by atoms with van der Waals surface area (Å²) in [5, 5.41) is 12.9. The van der Waals surface area contributed by atoms with Crippen molar-refractivity contribution in [1.29, 1.82) is 0 Å². The molecule has 0 aliphatic carbocycles. The molecule has 1 heterocycles. The van der Waals surface area contributed by atoms with Gasteiger partial charge in [0, 0.05) is 17.7 Å². The van der Waals surface area contributed by atoms with Gasteiger partial charge in [-0.1, -0.05) is 41.1 Å². The quantitative estimate of drug-likeness (QED) is 0.858. The predicted molar refractivity (Wildman–Crippen MR) is 60.9 cm³/mol. The normalized spacial score (nSPS) is 10.6. The fourth-order valence-electron chi connectivity index (χ4n) is 0.736. The fourth-order valence-corrected chi connectivity index (χ4v) is 2.12. The molecule has 0 saturated carbocycles. The maximum atomic E-state index is 11.3. The molecule has 0 bridgehead atoms. The summed E-state index contributed by atoms with van der Waals surface area (Å²) < 4.78 is 0. The van der Waals surface area contributed by atoms with E-state index in [4.69, 9.17) is 0 Å². The third-order valence-corrected chi connectivity index (χ3v) is 2.82. The third kappa shape index (κ3) is 3.34. The van der Waals surface area contributed by atoms with Crippen LogP contribution in [0.25, 0.3) is 0 Å². The summed E-state index contributed by atoms with van der Waals surface area (Å²) in [7, 11) is 0. The SMILES string of the molecule is CC(C)C(=O)Nc1nnc(CCBr)s1. The topological polar surface area (TPSA) is 54.9 Å². The van der Waals surface area contributed by atoms with Crippen molar-refractivity contribution in [2.75, 3.05) is 10.6 Å². The molecule has 0 aliphatic heterocycles. The lowest BCUT2D eigenvalue weighted by atomic mass is 10.2. The number of nitrogens with zero attached hydrogens (tertiary/aromatic N) is 2. The van der Waals surface area contributed by atoms with Gasteiger partial charge in [-0.25, -0.2) is 0 Å². The van der Waals surface area contributed by atoms with Gasteiger partial charge >= 0.3 is 0 Å². The maximum Gasteiger partial charge on any atom is 0.228 e. The standard InChI is InChI=1S/C8H12BrN3OS/c1-5(2)7(13)10-8-12-11-6(14-8)3-4-9/h5H,3-4H2,1-2H3,(H,10,12,13). The molecular weight excluding hydrogens is 266 g/mol. The molecule has 0 atom stereocenters. The first-order valence-electron chi connectivity index (χ1n) is 4.32. The second kappa shape index (κ2) is 5.41. The molecule has 14 heavy (non-hydrogen) atoms. The third-order valence-electron chi connectivity index (χ3n) is 1.53. The van der Waals surface area contributed by atoms with Gasteiger partial charge in [-0.15, -0.1) is 10.2 Å². The summed E-state index contributed by atoms with van der Waals surface area (Å²) >= 11 is 4.74. The number of anilines is 1. The first-order valence-corrected chi connectivity index (χ1v) is 6.26. The fraction of sp³-hybridized carbons (Fsp3) is 0.625. The number of alkyl halides is 1. The van der Waals surface area contributed by atoms with Crippen LogP contribution in [0.15, 0.2) is 0 Å². The zero-order valence-corrected chi connectivity index (χ0v) is 10.5. The Balaban J connectivity index is 2.55. The van der Waals surface area contributed by atoms with Crippen LogP contribution in [0.2, 0.25) is 0 Å². The minimum absolute atomic E-state index is 0.0217. The van der Waals surface area contributed by atoms with Gasteiger partial charge in [0.15, 0.2) is 0 Å². The van der Waals surface area contributed by atoms with E-state index in [1.165, 1.54) is 11.3 Å². The highest BCUT2D eigenvalue weighted by molar-refractivity contribution is 9.09. The Bertz CT molecular complexity index is 313.